The van der Waals surface area contributed by atoms with E-state index in [2.05, 4.69) is 81.5 Å². The van der Waals surface area contributed by atoms with Crippen molar-refractivity contribution in [3.05, 3.63) is 83.0 Å². The lowest BCUT2D eigenvalue weighted by Crippen LogP contribution is -2.14. The highest BCUT2D eigenvalue weighted by Gasteiger charge is 2.28. The van der Waals surface area contributed by atoms with E-state index in [0.29, 0.717) is 5.92 Å². The smallest absolute Gasteiger partial charge is 0.000673 e. The highest BCUT2D eigenvalue weighted by atomic mass is 14.3. The first-order chi connectivity index (χ1) is 11.0. The van der Waals surface area contributed by atoms with Crippen molar-refractivity contribution in [1.29, 1.82) is 0 Å². The summed E-state index contributed by atoms with van der Waals surface area (Å²) in [5.74, 6) is 0.559. The standard InChI is InChI=1S/C23H24/c1-23(2,3)21-13-12-18(14-16-8-4-5-9-16)20-15-17-10-6-7-11-19(17)22(20)21/h4-13,16H,14-15H2,1-3H3. The summed E-state index contributed by atoms with van der Waals surface area (Å²) >= 11 is 0. The molecule has 0 amide bonds. The van der Waals surface area contributed by atoms with E-state index >= 15 is 0 Å². The number of fused-ring (bicyclic) bond motifs is 3. The summed E-state index contributed by atoms with van der Waals surface area (Å²) in [6.45, 7) is 6.98. The van der Waals surface area contributed by atoms with Crippen molar-refractivity contribution < 1.29 is 0 Å². The molecule has 0 atom stereocenters. The molecule has 4 rings (SSSR count). The summed E-state index contributed by atoms with van der Waals surface area (Å²) in [7, 11) is 0. The zero-order valence-electron chi connectivity index (χ0n) is 14.3. The van der Waals surface area contributed by atoms with Crippen LogP contribution in [0.15, 0.2) is 60.7 Å². The summed E-state index contributed by atoms with van der Waals surface area (Å²) < 4.78 is 0. The van der Waals surface area contributed by atoms with Crippen molar-refractivity contribution in [3.8, 4) is 11.1 Å². The Hall–Kier alpha value is -2.08. The number of hydrogen-bond acceptors (Lipinski definition) is 0. The van der Waals surface area contributed by atoms with E-state index in [4.69, 9.17) is 0 Å². The fourth-order valence-corrected chi connectivity index (χ4v) is 3.99. The van der Waals surface area contributed by atoms with Gasteiger partial charge in [0, 0.05) is 0 Å². The van der Waals surface area contributed by atoms with Crippen LogP contribution in [-0.2, 0) is 18.3 Å². The molecule has 0 spiro atoms. The van der Waals surface area contributed by atoms with Crippen LogP contribution in [0.1, 0.15) is 43.0 Å². The summed E-state index contributed by atoms with van der Waals surface area (Å²) in [6, 6.07) is 13.7. The topological polar surface area (TPSA) is 0 Å². The van der Waals surface area contributed by atoms with Gasteiger partial charge < -0.3 is 0 Å². The van der Waals surface area contributed by atoms with Gasteiger partial charge in [0.15, 0.2) is 0 Å². The molecule has 0 unspecified atom stereocenters. The van der Waals surface area contributed by atoms with Crippen molar-refractivity contribution >= 4 is 0 Å². The molecule has 2 aliphatic rings. The molecular weight excluding hydrogens is 276 g/mol. The van der Waals surface area contributed by atoms with Gasteiger partial charge >= 0.3 is 0 Å². The predicted octanol–water partition coefficient (Wildman–Crippen LogP) is 5.84. The van der Waals surface area contributed by atoms with Crippen LogP contribution in [0.5, 0.6) is 0 Å². The molecule has 0 fully saturated rings. The second kappa shape index (κ2) is 5.23. The molecule has 0 saturated heterocycles. The zero-order chi connectivity index (χ0) is 16.0. The molecule has 0 saturated carbocycles. The molecule has 2 aromatic carbocycles. The van der Waals surface area contributed by atoms with E-state index in [1.165, 1.54) is 27.8 Å². The Morgan fingerprint density at radius 1 is 0.957 bits per heavy atom. The fraction of sp³-hybridized carbons (Fsp3) is 0.304. The largest absolute Gasteiger partial charge is 0.0773 e. The average Bonchev–Trinajstić information content (AvgIpc) is 3.13. The summed E-state index contributed by atoms with van der Waals surface area (Å²) in [4.78, 5) is 0. The molecule has 2 aliphatic carbocycles. The SMILES string of the molecule is CC(C)(C)c1ccc(CC2C=CC=C2)c2c1-c1ccccc1C2. The van der Waals surface area contributed by atoms with Gasteiger partial charge in [0.25, 0.3) is 0 Å². The summed E-state index contributed by atoms with van der Waals surface area (Å²) in [5.41, 5.74) is 9.19. The Labute approximate surface area is 139 Å². The maximum Gasteiger partial charge on any atom is -0.000673 e. The van der Waals surface area contributed by atoms with Crippen LogP contribution in [0.25, 0.3) is 11.1 Å². The number of hydrogen-bond donors (Lipinski definition) is 0. The highest BCUT2D eigenvalue weighted by molar-refractivity contribution is 5.81. The van der Waals surface area contributed by atoms with Crippen LogP contribution >= 0.6 is 0 Å². The molecule has 2 aromatic rings. The summed E-state index contributed by atoms with van der Waals surface area (Å²) in [6.07, 6.45) is 11.2. The maximum atomic E-state index is 2.38. The minimum Gasteiger partial charge on any atom is -0.0773 e. The third kappa shape index (κ3) is 2.47. The minimum atomic E-state index is 0.174. The van der Waals surface area contributed by atoms with E-state index < -0.39 is 0 Å². The average molecular weight is 300 g/mol. The molecule has 0 N–H and O–H groups in total. The second-order valence-corrected chi connectivity index (χ2v) is 7.85. The number of benzene rings is 2. The van der Waals surface area contributed by atoms with Gasteiger partial charge in [0.1, 0.15) is 0 Å². The van der Waals surface area contributed by atoms with Crippen LogP contribution in [0.2, 0.25) is 0 Å². The van der Waals surface area contributed by atoms with Gasteiger partial charge in [0.2, 0.25) is 0 Å². The minimum absolute atomic E-state index is 0.174. The van der Waals surface area contributed by atoms with Crippen LogP contribution in [0.4, 0.5) is 0 Å². The lowest BCUT2D eigenvalue weighted by atomic mass is 9.79. The van der Waals surface area contributed by atoms with Crippen molar-refractivity contribution in [1.82, 2.24) is 0 Å². The molecule has 23 heavy (non-hydrogen) atoms. The van der Waals surface area contributed by atoms with E-state index in [1.54, 1.807) is 5.56 Å². The first kappa shape index (κ1) is 14.5. The third-order valence-corrected chi connectivity index (χ3v) is 5.16. The Kier molecular flexibility index (Phi) is 3.30. The molecule has 0 aliphatic heterocycles. The van der Waals surface area contributed by atoms with Crippen molar-refractivity contribution in [3.63, 3.8) is 0 Å². The Morgan fingerprint density at radius 3 is 2.43 bits per heavy atom. The van der Waals surface area contributed by atoms with Gasteiger partial charge in [-0.25, -0.2) is 0 Å². The van der Waals surface area contributed by atoms with Crippen molar-refractivity contribution in [2.75, 3.05) is 0 Å². The van der Waals surface area contributed by atoms with Crippen LogP contribution in [-0.4, -0.2) is 0 Å². The molecule has 0 heterocycles. The molecular formula is C23H24. The number of allylic oxidation sites excluding steroid dienone is 4. The van der Waals surface area contributed by atoms with Gasteiger partial charge in [-0.1, -0.05) is 81.5 Å². The van der Waals surface area contributed by atoms with E-state index in [9.17, 15) is 0 Å². The first-order valence-corrected chi connectivity index (χ1v) is 8.62. The second-order valence-electron chi connectivity index (χ2n) is 7.85. The van der Waals surface area contributed by atoms with Crippen molar-refractivity contribution in [2.24, 2.45) is 5.92 Å². The van der Waals surface area contributed by atoms with Crippen LogP contribution in [0, 0.1) is 5.92 Å². The molecule has 0 radical (unpaired) electrons. The molecule has 116 valence electrons. The number of rotatable bonds is 2. The van der Waals surface area contributed by atoms with Gasteiger partial charge in [-0.3, -0.25) is 0 Å². The zero-order valence-corrected chi connectivity index (χ0v) is 14.3. The molecule has 0 heteroatoms. The molecule has 0 bridgehead atoms. The first-order valence-electron chi connectivity index (χ1n) is 8.62. The molecule has 0 nitrogen and oxygen atoms in total. The Bertz CT molecular complexity index is 800. The third-order valence-electron chi connectivity index (χ3n) is 5.16. The van der Waals surface area contributed by atoms with Gasteiger partial charge in [-0.2, -0.15) is 0 Å². The van der Waals surface area contributed by atoms with Crippen LogP contribution in [0.3, 0.4) is 0 Å². The Balaban J connectivity index is 1.87. The lowest BCUT2D eigenvalue weighted by Gasteiger charge is -2.25. The van der Waals surface area contributed by atoms with E-state index in [0.717, 1.165) is 12.8 Å². The maximum absolute atomic E-state index is 2.38. The monoisotopic (exact) mass is 300 g/mol. The normalized spacial score (nSPS) is 16.0. The van der Waals surface area contributed by atoms with Crippen LogP contribution < -0.4 is 0 Å². The van der Waals surface area contributed by atoms with Gasteiger partial charge in [0.05, 0.1) is 0 Å². The quantitative estimate of drug-likeness (QED) is 0.557. The highest BCUT2D eigenvalue weighted by Crippen LogP contribution is 2.44. The van der Waals surface area contributed by atoms with Gasteiger partial charge in [-0.05, 0) is 57.6 Å². The molecule has 0 aromatic heterocycles. The van der Waals surface area contributed by atoms with Gasteiger partial charge in [-0.15, -0.1) is 0 Å². The van der Waals surface area contributed by atoms with E-state index in [-0.39, 0.29) is 5.41 Å². The summed E-state index contributed by atoms with van der Waals surface area (Å²) in [5, 5.41) is 0. The lowest BCUT2D eigenvalue weighted by molar-refractivity contribution is 0.591. The van der Waals surface area contributed by atoms with E-state index in [1.807, 2.05) is 0 Å². The Morgan fingerprint density at radius 2 is 1.70 bits per heavy atom. The fourth-order valence-electron chi connectivity index (χ4n) is 3.99. The predicted molar refractivity (Wildman–Crippen MR) is 98.9 cm³/mol. The van der Waals surface area contributed by atoms with Crippen molar-refractivity contribution in [2.45, 2.75) is 39.0 Å².